The Morgan fingerprint density at radius 1 is 1.60 bits per heavy atom. The molecule has 0 spiro atoms. The van der Waals surface area contributed by atoms with Crippen molar-refractivity contribution in [3.8, 4) is 0 Å². The molecule has 0 amide bonds. The van der Waals surface area contributed by atoms with Crippen LogP contribution in [0.1, 0.15) is 18.3 Å². The monoisotopic (exact) mass is 211 g/mol. The van der Waals surface area contributed by atoms with Gasteiger partial charge in [-0.25, -0.2) is 0 Å². The van der Waals surface area contributed by atoms with Crippen LogP contribution in [0.15, 0.2) is 6.07 Å². The highest BCUT2D eigenvalue weighted by molar-refractivity contribution is 5.10. The van der Waals surface area contributed by atoms with Crippen molar-refractivity contribution >= 4 is 0 Å². The van der Waals surface area contributed by atoms with Crippen molar-refractivity contribution in [2.45, 2.75) is 32.9 Å². The maximum Gasteiger partial charge on any atom is 0.0619 e. The van der Waals surface area contributed by atoms with Gasteiger partial charge < -0.3 is 10.1 Å². The van der Waals surface area contributed by atoms with E-state index in [2.05, 4.69) is 28.1 Å². The van der Waals surface area contributed by atoms with Gasteiger partial charge in [-0.1, -0.05) is 0 Å². The highest BCUT2D eigenvalue weighted by Gasteiger charge is 2.11. The Balaban J connectivity index is 2.68. The Bertz CT molecular complexity index is 296. The first-order chi connectivity index (χ1) is 7.21. The number of rotatable bonds is 6. The van der Waals surface area contributed by atoms with Crippen LogP contribution in [0.5, 0.6) is 0 Å². The maximum atomic E-state index is 5.16. The zero-order chi connectivity index (χ0) is 11.3. The van der Waals surface area contributed by atoms with E-state index in [1.165, 1.54) is 5.69 Å². The van der Waals surface area contributed by atoms with Crippen LogP contribution < -0.4 is 5.32 Å². The molecule has 1 N–H and O–H groups in total. The number of hydrogen-bond acceptors (Lipinski definition) is 3. The van der Waals surface area contributed by atoms with E-state index in [4.69, 9.17) is 4.74 Å². The van der Waals surface area contributed by atoms with Gasteiger partial charge in [0.15, 0.2) is 0 Å². The number of likely N-dealkylation sites (N-methyl/N-ethyl adjacent to an activating group) is 1. The van der Waals surface area contributed by atoms with Crippen molar-refractivity contribution in [3.05, 3.63) is 17.5 Å². The molecular formula is C11H21N3O. The topological polar surface area (TPSA) is 39.1 Å². The lowest BCUT2D eigenvalue weighted by atomic mass is 10.1. The average Bonchev–Trinajstić information content (AvgIpc) is 2.58. The lowest BCUT2D eigenvalue weighted by Gasteiger charge is -2.15. The quantitative estimate of drug-likeness (QED) is 0.762. The SMILES string of the molecule is CCn1nc(C)cc1CC(COC)NC. The van der Waals surface area contributed by atoms with Crippen LogP contribution in [0.25, 0.3) is 0 Å². The maximum absolute atomic E-state index is 5.16. The predicted molar refractivity (Wildman–Crippen MR) is 61.1 cm³/mol. The second kappa shape index (κ2) is 5.88. The molecule has 0 radical (unpaired) electrons. The standard InChI is InChI=1S/C11H21N3O/c1-5-14-11(6-9(2)13-14)7-10(12-3)8-15-4/h6,10,12H,5,7-8H2,1-4H3. The molecule has 4 nitrogen and oxygen atoms in total. The molecule has 4 heteroatoms. The van der Waals surface area contributed by atoms with Gasteiger partial charge in [-0.3, -0.25) is 4.68 Å². The fourth-order valence-corrected chi connectivity index (χ4v) is 1.74. The number of aromatic nitrogens is 2. The van der Waals surface area contributed by atoms with E-state index in [1.807, 2.05) is 14.0 Å². The Kier molecular flexibility index (Phi) is 4.78. The first-order valence-electron chi connectivity index (χ1n) is 5.40. The summed E-state index contributed by atoms with van der Waals surface area (Å²) in [7, 11) is 3.69. The lowest BCUT2D eigenvalue weighted by molar-refractivity contribution is 0.168. The van der Waals surface area contributed by atoms with Crippen molar-refractivity contribution in [2.75, 3.05) is 20.8 Å². The summed E-state index contributed by atoms with van der Waals surface area (Å²) in [6.45, 7) is 5.79. The van der Waals surface area contributed by atoms with Crippen LogP contribution in [0, 0.1) is 6.92 Å². The van der Waals surface area contributed by atoms with Gasteiger partial charge in [0.1, 0.15) is 0 Å². The molecule has 1 atom stereocenters. The molecule has 0 aliphatic rings. The van der Waals surface area contributed by atoms with Gasteiger partial charge in [-0.2, -0.15) is 5.10 Å². The highest BCUT2D eigenvalue weighted by Crippen LogP contribution is 2.07. The van der Waals surface area contributed by atoms with E-state index >= 15 is 0 Å². The molecule has 0 aromatic carbocycles. The molecule has 1 aromatic rings. The lowest BCUT2D eigenvalue weighted by Crippen LogP contribution is -2.32. The smallest absolute Gasteiger partial charge is 0.0619 e. The van der Waals surface area contributed by atoms with Crippen LogP contribution in [-0.2, 0) is 17.7 Å². The largest absolute Gasteiger partial charge is 0.383 e. The third-order valence-corrected chi connectivity index (χ3v) is 2.52. The van der Waals surface area contributed by atoms with Crippen molar-refractivity contribution in [1.82, 2.24) is 15.1 Å². The van der Waals surface area contributed by atoms with Crippen LogP contribution in [-0.4, -0.2) is 36.6 Å². The Labute approximate surface area is 91.6 Å². The summed E-state index contributed by atoms with van der Waals surface area (Å²) < 4.78 is 7.21. The number of methoxy groups -OCH3 is 1. The second-order valence-electron chi connectivity index (χ2n) is 3.74. The van der Waals surface area contributed by atoms with Gasteiger partial charge in [0.05, 0.1) is 12.3 Å². The first kappa shape index (κ1) is 12.2. The third-order valence-electron chi connectivity index (χ3n) is 2.52. The minimum atomic E-state index is 0.358. The number of nitrogens with one attached hydrogen (secondary N) is 1. The molecule has 1 rings (SSSR count). The number of ether oxygens (including phenoxy) is 1. The van der Waals surface area contributed by atoms with E-state index in [0.717, 1.165) is 25.3 Å². The van der Waals surface area contributed by atoms with Gasteiger partial charge >= 0.3 is 0 Å². The molecule has 86 valence electrons. The summed E-state index contributed by atoms with van der Waals surface area (Å²) in [5, 5.41) is 7.67. The zero-order valence-corrected chi connectivity index (χ0v) is 10.1. The van der Waals surface area contributed by atoms with E-state index in [1.54, 1.807) is 7.11 Å². The third kappa shape index (κ3) is 3.32. The first-order valence-corrected chi connectivity index (χ1v) is 5.40. The summed E-state index contributed by atoms with van der Waals surface area (Å²) in [5.74, 6) is 0. The van der Waals surface area contributed by atoms with Crippen molar-refractivity contribution in [2.24, 2.45) is 0 Å². The normalized spacial score (nSPS) is 13.1. The van der Waals surface area contributed by atoms with E-state index in [9.17, 15) is 0 Å². The Hall–Kier alpha value is -0.870. The Morgan fingerprint density at radius 3 is 2.87 bits per heavy atom. The van der Waals surface area contributed by atoms with Gasteiger partial charge in [-0.15, -0.1) is 0 Å². The summed E-state index contributed by atoms with van der Waals surface area (Å²) in [6.07, 6.45) is 0.957. The van der Waals surface area contributed by atoms with Crippen molar-refractivity contribution < 1.29 is 4.74 Å². The van der Waals surface area contributed by atoms with Gasteiger partial charge in [-0.05, 0) is 27.0 Å². The molecule has 15 heavy (non-hydrogen) atoms. The molecular weight excluding hydrogens is 190 g/mol. The van der Waals surface area contributed by atoms with Gasteiger partial charge in [0.25, 0.3) is 0 Å². The van der Waals surface area contributed by atoms with E-state index in [-0.39, 0.29) is 0 Å². The number of aryl methyl sites for hydroxylation is 2. The number of hydrogen-bond donors (Lipinski definition) is 1. The van der Waals surface area contributed by atoms with Crippen molar-refractivity contribution in [1.29, 1.82) is 0 Å². The zero-order valence-electron chi connectivity index (χ0n) is 10.1. The minimum absolute atomic E-state index is 0.358. The molecule has 0 aliphatic heterocycles. The highest BCUT2D eigenvalue weighted by atomic mass is 16.5. The molecule has 0 aliphatic carbocycles. The van der Waals surface area contributed by atoms with Crippen LogP contribution in [0.3, 0.4) is 0 Å². The predicted octanol–water partition coefficient (Wildman–Crippen LogP) is 0.988. The second-order valence-corrected chi connectivity index (χ2v) is 3.74. The molecule has 0 fully saturated rings. The Morgan fingerprint density at radius 2 is 2.33 bits per heavy atom. The van der Waals surface area contributed by atoms with Crippen LogP contribution in [0.4, 0.5) is 0 Å². The fourth-order valence-electron chi connectivity index (χ4n) is 1.74. The minimum Gasteiger partial charge on any atom is -0.383 e. The molecule has 0 saturated carbocycles. The summed E-state index contributed by atoms with van der Waals surface area (Å²) in [4.78, 5) is 0. The summed E-state index contributed by atoms with van der Waals surface area (Å²) in [5.41, 5.74) is 2.35. The molecule has 0 bridgehead atoms. The summed E-state index contributed by atoms with van der Waals surface area (Å²) >= 11 is 0. The number of nitrogens with zero attached hydrogens (tertiary/aromatic N) is 2. The fraction of sp³-hybridized carbons (Fsp3) is 0.727. The van der Waals surface area contributed by atoms with Crippen molar-refractivity contribution in [3.63, 3.8) is 0 Å². The van der Waals surface area contributed by atoms with E-state index < -0.39 is 0 Å². The van der Waals surface area contributed by atoms with Gasteiger partial charge in [0.2, 0.25) is 0 Å². The van der Waals surface area contributed by atoms with Gasteiger partial charge in [0, 0.05) is 31.8 Å². The van der Waals surface area contributed by atoms with Crippen LogP contribution in [0.2, 0.25) is 0 Å². The molecule has 1 aromatic heterocycles. The summed E-state index contributed by atoms with van der Waals surface area (Å²) in [6, 6.07) is 2.50. The molecule has 1 heterocycles. The molecule has 1 unspecified atom stereocenters. The van der Waals surface area contributed by atoms with E-state index in [0.29, 0.717) is 6.04 Å². The average molecular weight is 211 g/mol. The van der Waals surface area contributed by atoms with Crippen LogP contribution >= 0.6 is 0 Å². The molecule has 0 saturated heterocycles.